The first-order valence-electron chi connectivity index (χ1n) is 9.49. The minimum absolute atomic E-state index is 0.264. The van der Waals surface area contributed by atoms with E-state index in [2.05, 4.69) is 38.6 Å². The van der Waals surface area contributed by atoms with Crippen molar-refractivity contribution in [3.8, 4) is 17.6 Å². The van der Waals surface area contributed by atoms with Crippen LogP contribution in [-0.2, 0) is 6.61 Å². The molecule has 0 fully saturated rings. The normalized spacial score (nSPS) is 11.4. The van der Waals surface area contributed by atoms with E-state index in [0.29, 0.717) is 32.9 Å². The van der Waals surface area contributed by atoms with E-state index in [1.807, 2.05) is 42.5 Å². The van der Waals surface area contributed by atoms with Crippen LogP contribution in [0.2, 0.25) is 10.0 Å². The van der Waals surface area contributed by atoms with Gasteiger partial charge in [-0.15, -0.1) is 0 Å². The maximum Gasteiger partial charge on any atom is 0.174 e. The average Bonchev–Trinajstić information content (AvgIpc) is 3.21. The Bertz CT molecular complexity index is 1340. The topological polar surface area (TPSA) is 70.9 Å². The van der Waals surface area contributed by atoms with Gasteiger partial charge in [0.1, 0.15) is 18.5 Å². The number of nitriles is 1. The fraction of sp³-hybridized carbons (Fsp3) is 0.0833. The van der Waals surface area contributed by atoms with E-state index in [1.165, 1.54) is 0 Å². The molecule has 1 N–H and O–H groups in total. The van der Waals surface area contributed by atoms with Crippen molar-refractivity contribution in [2.75, 3.05) is 7.11 Å². The Morgan fingerprint density at radius 2 is 2.00 bits per heavy atom. The first-order chi connectivity index (χ1) is 15.5. The predicted molar refractivity (Wildman–Crippen MR) is 136 cm³/mol. The molecule has 32 heavy (non-hydrogen) atoms. The number of ether oxygens (including phenoxy) is 2. The van der Waals surface area contributed by atoms with Gasteiger partial charge in [0.25, 0.3) is 0 Å². The molecule has 0 radical (unpaired) electrons. The number of aromatic nitrogens is 2. The van der Waals surface area contributed by atoms with Crippen molar-refractivity contribution in [3.63, 3.8) is 0 Å². The Hall–Kier alpha value is -2.73. The number of para-hydroxylation sites is 2. The molecule has 0 aliphatic heterocycles. The number of halogens is 3. The number of hydrogen-bond donors (Lipinski definition) is 1. The molecule has 160 valence electrons. The predicted octanol–water partition coefficient (Wildman–Crippen LogP) is 7.13. The lowest BCUT2D eigenvalue weighted by Gasteiger charge is -2.14. The van der Waals surface area contributed by atoms with Gasteiger partial charge >= 0.3 is 0 Å². The number of nitrogens with zero attached hydrogens (tertiary/aromatic N) is 2. The fourth-order valence-corrected chi connectivity index (χ4v) is 4.40. The van der Waals surface area contributed by atoms with E-state index in [1.54, 1.807) is 25.3 Å². The maximum absolute atomic E-state index is 9.71. The largest absolute Gasteiger partial charge is 0.493 e. The highest BCUT2D eigenvalue weighted by atomic mass is 127. The van der Waals surface area contributed by atoms with Crippen LogP contribution in [0.15, 0.2) is 54.6 Å². The molecular formula is C24H16Cl2IN3O2. The molecule has 3 aromatic carbocycles. The Balaban J connectivity index is 1.64. The highest BCUT2D eigenvalue weighted by Crippen LogP contribution is 2.36. The number of methoxy groups -OCH3 is 1. The van der Waals surface area contributed by atoms with Crippen molar-refractivity contribution in [2.45, 2.75) is 6.61 Å². The van der Waals surface area contributed by atoms with E-state index in [-0.39, 0.29) is 6.61 Å². The van der Waals surface area contributed by atoms with Crippen LogP contribution in [0, 0.1) is 14.9 Å². The van der Waals surface area contributed by atoms with Gasteiger partial charge in [-0.2, -0.15) is 5.26 Å². The lowest BCUT2D eigenvalue weighted by atomic mass is 10.1. The number of benzene rings is 3. The third-order valence-electron chi connectivity index (χ3n) is 4.71. The summed E-state index contributed by atoms with van der Waals surface area (Å²) in [6.07, 6.45) is 1.77. The van der Waals surface area contributed by atoms with Crippen LogP contribution in [0.1, 0.15) is 17.0 Å². The monoisotopic (exact) mass is 575 g/mol. The van der Waals surface area contributed by atoms with Gasteiger partial charge in [0.2, 0.25) is 0 Å². The Labute approximate surface area is 208 Å². The number of aromatic amines is 1. The lowest BCUT2D eigenvalue weighted by molar-refractivity contribution is 0.282. The third-order valence-corrected chi connectivity index (χ3v) is 6.10. The van der Waals surface area contributed by atoms with Crippen LogP contribution in [0.3, 0.4) is 0 Å². The van der Waals surface area contributed by atoms with E-state index >= 15 is 0 Å². The van der Waals surface area contributed by atoms with Crippen LogP contribution in [0.5, 0.6) is 11.5 Å². The second-order valence-corrected chi connectivity index (χ2v) is 8.84. The van der Waals surface area contributed by atoms with Crippen molar-refractivity contribution in [1.29, 1.82) is 5.26 Å². The molecule has 0 spiro atoms. The standard InChI is InChI=1S/C24H16Cl2IN3O2/c1-31-22-10-14(8-16(12-28)24-29-20-4-2-3-5-21(20)30-24)9-19(27)23(22)32-13-15-6-7-17(25)11-18(15)26/h2-11H,13H2,1H3,(H,29,30)/b16-8-. The van der Waals surface area contributed by atoms with Crippen molar-refractivity contribution >= 4 is 68.5 Å². The van der Waals surface area contributed by atoms with E-state index < -0.39 is 0 Å². The highest BCUT2D eigenvalue weighted by Gasteiger charge is 2.14. The molecule has 0 atom stereocenters. The summed E-state index contributed by atoms with van der Waals surface area (Å²) in [6.45, 7) is 0.264. The first-order valence-corrected chi connectivity index (χ1v) is 11.3. The van der Waals surface area contributed by atoms with Gasteiger partial charge in [0.05, 0.1) is 27.3 Å². The molecule has 0 amide bonds. The summed E-state index contributed by atoms with van der Waals surface area (Å²) in [6, 6.07) is 18.9. The molecule has 0 saturated heterocycles. The summed E-state index contributed by atoms with van der Waals surface area (Å²) in [4.78, 5) is 7.70. The van der Waals surface area contributed by atoms with E-state index in [4.69, 9.17) is 32.7 Å². The summed E-state index contributed by atoms with van der Waals surface area (Å²) < 4.78 is 12.4. The van der Waals surface area contributed by atoms with Gasteiger partial charge in [0.15, 0.2) is 11.5 Å². The number of rotatable bonds is 6. The third kappa shape index (κ3) is 4.85. The molecule has 0 saturated carbocycles. The van der Waals surface area contributed by atoms with Crippen LogP contribution in [0.4, 0.5) is 0 Å². The number of nitrogens with one attached hydrogen (secondary N) is 1. The SMILES string of the molecule is COc1cc(/C=C(/C#N)c2nc3ccccc3[nH]2)cc(I)c1OCc1ccc(Cl)cc1Cl. The van der Waals surface area contributed by atoms with Crippen LogP contribution in [-0.4, -0.2) is 17.1 Å². The van der Waals surface area contributed by atoms with E-state index in [0.717, 1.165) is 25.7 Å². The van der Waals surface area contributed by atoms with Crippen LogP contribution in [0.25, 0.3) is 22.7 Å². The van der Waals surface area contributed by atoms with Crippen LogP contribution < -0.4 is 9.47 Å². The maximum atomic E-state index is 9.71. The average molecular weight is 576 g/mol. The summed E-state index contributed by atoms with van der Waals surface area (Å²) >= 11 is 14.4. The van der Waals surface area contributed by atoms with Gasteiger partial charge < -0.3 is 14.5 Å². The van der Waals surface area contributed by atoms with Gasteiger partial charge in [-0.1, -0.05) is 41.4 Å². The minimum Gasteiger partial charge on any atom is -0.493 e. The zero-order valence-electron chi connectivity index (χ0n) is 16.8. The quantitative estimate of drug-likeness (QED) is 0.196. The zero-order valence-corrected chi connectivity index (χ0v) is 20.5. The second-order valence-electron chi connectivity index (χ2n) is 6.83. The first kappa shape index (κ1) is 22.5. The molecular weight excluding hydrogens is 560 g/mol. The Morgan fingerprint density at radius 1 is 1.19 bits per heavy atom. The molecule has 1 heterocycles. The zero-order chi connectivity index (χ0) is 22.7. The summed E-state index contributed by atoms with van der Waals surface area (Å²) in [5.74, 6) is 1.66. The van der Waals surface area contributed by atoms with Crippen molar-refractivity contribution < 1.29 is 9.47 Å². The molecule has 0 unspecified atom stereocenters. The van der Waals surface area contributed by atoms with Gasteiger partial charge in [-0.05, 0) is 70.6 Å². The highest BCUT2D eigenvalue weighted by molar-refractivity contribution is 14.1. The number of hydrogen-bond acceptors (Lipinski definition) is 4. The second kappa shape index (κ2) is 9.82. The Morgan fingerprint density at radius 3 is 2.72 bits per heavy atom. The minimum atomic E-state index is 0.264. The van der Waals surface area contributed by atoms with E-state index in [9.17, 15) is 5.26 Å². The number of imidazole rings is 1. The van der Waals surface area contributed by atoms with Crippen LogP contribution >= 0.6 is 45.8 Å². The molecule has 1 aromatic heterocycles. The number of fused-ring (bicyclic) bond motifs is 1. The Kier molecular flexibility index (Phi) is 6.89. The molecule has 0 aliphatic carbocycles. The molecule has 4 aromatic rings. The molecule has 4 rings (SSSR count). The summed E-state index contributed by atoms with van der Waals surface area (Å²) in [5.41, 5.74) is 3.70. The van der Waals surface area contributed by atoms with Crippen molar-refractivity contribution in [3.05, 3.63) is 85.2 Å². The number of H-pyrrole nitrogens is 1. The van der Waals surface area contributed by atoms with Gasteiger partial charge in [-0.3, -0.25) is 0 Å². The lowest BCUT2D eigenvalue weighted by Crippen LogP contribution is -2.01. The molecule has 8 heteroatoms. The summed E-state index contributed by atoms with van der Waals surface area (Å²) in [7, 11) is 1.57. The number of allylic oxidation sites excluding steroid dienone is 1. The molecule has 0 bridgehead atoms. The van der Waals surface area contributed by atoms with Crippen molar-refractivity contribution in [1.82, 2.24) is 9.97 Å². The molecule has 0 aliphatic rings. The summed E-state index contributed by atoms with van der Waals surface area (Å²) in [5, 5.41) is 10.8. The smallest absolute Gasteiger partial charge is 0.174 e. The van der Waals surface area contributed by atoms with Crippen molar-refractivity contribution in [2.24, 2.45) is 0 Å². The van der Waals surface area contributed by atoms with Gasteiger partial charge in [-0.25, -0.2) is 4.98 Å². The van der Waals surface area contributed by atoms with Gasteiger partial charge in [0, 0.05) is 15.6 Å². The fourth-order valence-electron chi connectivity index (χ4n) is 3.15. The molecule has 5 nitrogen and oxygen atoms in total.